The van der Waals surface area contributed by atoms with Crippen LogP contribution in [0.15, 0.2) is 0 Å². The van der Waals surface area contributed by atoms with Gasteiger partial charge in [0.05, 0.1) is 0 Å². The molecule has 0 spiro atoms. The highest BCUT2D eigenvalue weighted by Gasteiger charge is 2.40. The van der Waals surface area contributed by atoms with Gasteiger partial charge in [-0.3, -0.25) is 4.79 Å². The van der Waals surface area contributed by atoms with Crippen molar-refractivity contribution < 1.29 is 4.79 Å². The third kappa shape index (κ3) is 3.57. The molecule has 0 heterocycles. The van der Waals surface area contributed by atoms with E-state index in [9.17, 15) is 4.79 Å². The molecule has 0 N–H and O–H groups in total. The van der Waals surface area contributed by atoms with Gasteiger partial charge in [-0.1, -0.05) is 12.8 Å². The first-order chi connectivity index (χ1) is 9.03. The first-order valence-corrected chi connectivity index (χ1v) is 7.92. The summed E-state index contributed by atoms with van der Waals surface area (Å²) in [5, 5.41) is 0. The lowest BCUT2D eigenvalue weighted by Crippen LogP contribution is -2.57. The van der Waals surface area contributed by atoms with Gasteiger partial charge in [-0.05, 0) is 53.2 Å². The Balaban J connectivity index is 1.86. The molecular formula is C16H30N2O. The standard InChI is InChI=1S/C16H30N2O/c1-17(2)16(10-7-11-16)13-18(3)12-14-8-5-4-6-9-15(14)19/h14H,4-13H2,1-3H3. The van der Waals surface area contributed by atoms with Crippen LogP contribution in [0.25, 0.3) is 0 Å². The Bertz CT molecular complexity index is 310. The van der Waals surface area contributed by atoms with E-state index in [-0.39, 0.29) is 0 Å². The van der Waals surface area contributed by atoms with Crippen LogP contribution in [0.2, 0.25) is 0 Å². The van der Waals surface area contributed by atoms with E-state index in [2.05, 4.69) is 30.9 Å². The summed E-state index contributed by atoms with van der Waals surface area (Å²) in [6.45, 7) is 2.08. The second-order valence-electron chi connectivity index (χ2n) is 6.93. The molecule has 110 valence electrons. The quantitative estimate of drug-likeness (QED) is 0.715. The van der Waals surface area contributed by atoms with Crippen LogP contribution in [0.4, 0.5) is 0 Å². The predicted octanol–water partition coefficient (Wildman–Crippen LogP) is 2.55. The normalized spacial score (nSPS) is 27.4. The predicted molar refractivity (Wildman–Crippen MR) is 79.3 cm³/mol. The molecule has 19 heavy (non-hydrogen) atoms. The van der Waals surface area contributed by atoms with Gasteiger partial charge in [0, 0.05) is 31.0 Å². The third-order valence-corrected chi connectivity index (χ3v) is 5.26. The number of hydrogen-bond donors (Lipinski definition) is 0. The van der Waals surface area contributed by atoms with Crippen molar-refractivity contribution in [2.24, 2.45) is 5.92 Å². The smallest absolute Gasteiger partial charge is 0.137 e. The highest BCUT2D eigenvalue weighted by Crippen LogP contribution is 2.36. The molecule has 3 nitrogen and oxygen atoms in total. The first-order valence-electron chi connectivity index (χ1n) is 7.92. The monoisotopic (exact) mass is 266 g/mol. The summed E-state index contributed by atoms with van der Waals surface area (Å²) in [7, 11) is 6.59. The molecule has 0 bridgehead atoms. The molecule has 2 aliphatic carbocycles. The fourth-order valence-corrected chi connectivity index (χ4v) is 3.70. The van der Waals surface area contributed by atoms with Gasteiger partial charge >= 0.3 is 0 Å². The van der Waals surface area contributed by atoms with Gasteiger partial charge in [-0.25, -0.2) is 0 Å². The summed E-state index contributed by atoms with van der Waals surface area (Å²) >= 11 is 0. The zero-order valence-corrected chi connectivity index (χ0v) is 13.0. The van der Waals surface area contributed by atoms with Crippen LogP contribution in [0, 0.1) is 5.92 Å². The van der Waals surface area contributed by atoms with E-state index in [0.29, 0.717) is 17.2 Å². The first kappa shape index (κ1) is 15.0. The van der Waals surface area contributed by atoms with Crippen LogP contribution < -0.4 is 0 Å². The van der Waals surface area contributed by atoms with Crippen molar-refractivity contribution in [3.63, 3.8) is 0 Å². The van der Waals surface area contributed by atoms with Crippen molar-refractivity contribution in [3.05, 3.63) is 0 Å². The molecule has 0 amide bonds. The summed E-state index contributed by atoms with van der Waals surface area (Å²) in [6, 6.07) is 0. The molecule has 3 heteroatoms. The second-order valence-corrected chi connectivity index (χ2v) is 6.93. The number of nitrogens with zero attached hydrogens (tertiary/aromatic N) is 2. The molecule has 1 unspecified atom stereocenters. The Kier molecular flexibility index (Phi) is 5.02. The number of Topliss-reactive ketones (excluding diaryl/α,β-unsaturated/α-hetero) is 1. The summed E-state index contributed by atoms with van der Waals surface area (Å²) < 4.78 is 0. The van der Waals surface area contributed by atoms with E-state index < -0.39 is 0 Å². The van der Waals surface area contributed by atoms with Crippen molar-refractivity contribution >= 4 is 5.78 Å². The maximum atomic E-state index is 12.1. The maximum absolute atomic E-state index is 12.1. The van der Waals surface area contributed by atoms with Crippen molar-refractivity contribution in [1.29, 1.82) is 0 Å². The lowest BCUT2D eigenvalue weighted by molar-refractivity contribution is -0.123. The van der Waals surface area contributed by atoms with Crippen molar-refractivity contribution in [3.8, 4) is 0 Å². The van der Waals surface area contributed by atoms with E-state index in [0.717, 1.165) is 32.4 Å². The molecule has 0 aromatic heterocycles. The highest BCUT2D eigenvalue weighted by molar-refractivity contribution is 5.81. The zero-order valence-electron chi connectivity index (χ0n) is 13.0. The number of hydrogen-bond acceptors (Lipinski definition) is 3. The zero-order chi connectivity index (χ0) is 13.9. The Labute approximate surface area is 118 Å². The molecule has 2 rings (SSSR count). The van der Waals surface area contributed by atoms with Gasteiger partial charge in [0.15, 0.2) is 0 Å². The minimum Gasteiger partial charge on any atom is -0.304 e. The fraction of sp³-hybridized carbons (Fsp3) is 0.938. The van der Waals surface area contributed by atoms with E-state index in [1.807, 2.05) is 0 Å². The van der Waals surface area contributed by atoms with E-state index in [4.69, 9.17) is 0 Å². The fourth-order valence-electron chi connectivity index (χ4n) is 3.70. The van der Waals surface area contributed by atoms with E-state index in [1.165, 1.54) is 32.1 Å². The van der Waals surface area contributed by atoms with Gasteiger partial charge < -0.3 is 9.80 Å². The van der Waals surface area contributed by atoms with Crippen LogP contribution in [0.5, 0.6) is 0 Å². The molecule has 0 aromatic rings. The Morgan fingerprint density at radius 2 is 1.84 bits per heavy atom. The largest absolute Gasteiger partial charge is 0.304 e. The minimum absolute atomic E-state index is 0.298. The topological polar surface area (TPSA) is 23.6 Å². The number of carbonyl (C=O) groups excluding carboxylic acids is 1. The Hall–Kier alpha value is -0.410. The maximum Gasteiger partial charge on any atom is 0.137 e. The van der Waals surface area contributed by atoms with E-state index in [1.54, 1.807) is 0 Å². The third-order valence-electron chi connectivity index (χ3n) is 5.26. The summed E-state index contributed by atoms with van der Waals surface area (Å²) in [5.41, 5.74) is 0.378. The Morgan fingerprint density at radius 3 is 2.42 bits per heavy atom. The Morgan fingerprint density at radius 1 is 1.11 bits per heavy atom. The molecule has 0 aromatic carbocycles. The summed E-state index contributed by atoms with van der Waals surface area (Å²) in [5.74, 6) is 0.809. The highest BCUT2D eigenvalue weighted by atomic mass is 16.1. The minimum atomic E-state index is 0.298. The van der Waals surface area contributed by atoms with Crippen molar-refractivity contribution in [1.82, 2.24) is 9.80 Å². The van der Waals surface area contributed by atoms with Crippen LogP contribution >= 0.6 is 0 Å². The summed E-state index contributed by atoms with van der Waals surface area (Å²) in [6.07, 6.45) is 9.49. The number of likely N-dealkylation sites (N-methyl/N-ethyl adjacent to an activating group) is 2. The number of rotatable bonds is 5. The van der Waals surface area contributed by atoms with Crippen LogP contribution in [-0.2, 0) is 4.79 Å². The van der Waals surface area contributed by atoms with Crippen LogP contribution in [0.1, 0.15) is 51.4 Å². The SMILES string of the molecule is CN(CC1CCCCCC1=O)CC1(N(C)C)CCC1. The number of ketones is 1. The van der Waals surface area contributed by atoms with Gasteiger partial charge in [0.25, 0.3) is 0 Å². The van der Waals surface area contributed by atoms with E-state index >= 15 is 0 Å². The molecule has 2 saturated carbocycles. The van der Waals surface area contributed by atoms with Crippen LogP contribution in [-0.4, -0.2) is 55.4 Å². The summed E-state index contributed by atoms with van der Waals surface area (Å²) in [4.78, 5) is 16.9. The van der Waals surface area contributed by atoms with Crippen molar-refractivity contribution in [2.75, 3.05) is 34.2 Å². The van der Waals surface area contributed by atoms with Gasteiger partial charge in [0.2, 0.25) is 0 Å². The molecule has 0 radical (unpaired) electrons. The molecule has 2 aliphatic rings. The average Bonchev–Trinajstić information content (AvgIpc) is 2.49. The number of carbonyl (C=O) groups is 1. The van der Waals surface area contributed by atoms with Gasteiger partial charge in [-0.2, -0.15) is 0 Å². The van der Waals surface area contributed by atoms with Crippen molar-refractivity contribution in [2.45, 2.75) is 56.9 Å². The molecule has 0 saturated heterocycles. The van der Waals surface area contributed by atoms with Gasteiger partial charge in [0.1, 0.15) is 5.78 Å². The molecule has 2 fully saturated rings. The molecular weight excluding hydrogens is 236 g/mol. The second kappa shape index (κ2) is 6.36. The average molecular weight is 266 g/mol. The lowest BCUT2D eigenvalue weighted by atomic mass is 9.75. The molecule has 0 aliphatic heterocycles. The molecule has 1 atom stereocenters. The van der Waals surface area contributed by atoms with Gasteiger partial charge in [-0.15, -0.1) is 0 Å². The lowest BCUT2D eigenvalue weighted by Gasteiger charge is -2.49. The van der Waals surface area contributed by atoms with Crippen LogP contribution in [0.3, 0.4) is 0 Å².